The molecule has 0 atom stereocenters. The first kappa shape index (κ1) is 21.1. The van der Waals surface area contributed by atoms with Gasteiger partial charge in [-0.1, -0.05) is 6.07 Å². The van der Waals surface area contributed by atoms with E-state index in [2.05, 4.69) is 16.0 Å². The van der Waals surface area contributed by atoms with E-state index in [1.54, 1.807) is 19.1 Å². The van der Waals surface area contributed by atoms with Gasteiger partial charge in [0, 0.05) is 12.2 Å². The molecule has 0 fully saturated rings. The first-order valence-corrected chi connectivity index (χ1v) is 8.55. The first-order valence-electron chi connectivity index (χ1n) is 8.55. The largest absolute Gasteiger partial charge is 0.462 e. The molecule has 0 saturated heterocycles. The number of carbonyl (C=O) groups excluding carboxylic acids is 2. The Hall–Kier alpha value is -3.23. The summed E-state index contributed by atoms with van der Waals surface area (Å²) in [6.45, 7) is 4.29. The minimum atomic E-state index is -4.51. The number of esters is 1. The van der Waals surface area contributed by atoms with Gasteiger partial charge in [0.1, 0.15) is 0 Å². The van der Waals surface area contributed by atoms with E-state index in [1.165, 1.54) is 18.2 Å². The summed E-state index contributed by atoms with van der Waals surface area (Å²) < 4.78 is 43.3. The molecule has 0 saturated carbocycles. The van der Waals surface area contributed by atoms with E-state index in [0.29, 0.717) is 12.2 Å². The molecular formula is C19H20F3N3O3. The summed E-state index contributed by atoms with van der Waals surface area (Å²) in [4.78, 5) is 24.2. The summed E-state index contributed by atoms with van der Waals surface area (Å²) in [7, 11) is 0. The molecular weight excluding hydrogens is 375 g/mol. The van der Waals surface area contributed by atoms with Gasteiger partial charge in [0.05, 0.1) is 29.1 Å². The van der Waals surface area contributed by atoms with Crippen molar-refractivity contribution in [3.63, 3.8) is 0 Å². The first-order chi connectivity index (χ1) is 13.2. The van der Waals surface area contributed by atoms with Crippen LogP contribution in [0.25, 0.3) is 0 Å². The van der Waals surface area contributed by atoms with Crippen LogP contribution in [0.3, 0.4) is 0 Å². The fourth-order valence-corrected chi connectivity index (χ4v) is 2.39. The van der Waals surface area contributed by atoms with Crippen LogP contribution in [-0.2, 0) is 10.9 Å². The van der Waals surface area contributed by atoms with E-state index in [-0.39, 0.29) is 23.5 Å². The zero-order valence-corrected chi connectivity index (χ0v) is 15.3. The predicted octanol–water partition coefficient (Wildman–Crippen LogP) is 4.96. The molecule has 28 heavy (non-hydrogen) atoms. The van der Waals surface area contributed by atoms with Crippen LogP contribution in [-0.4, -0.2) is 25.2 Å². The Balaban J connectivity index is 2.20. The van der Waals surface area contributed by atoms with Crippen molar-refractivity contribution < 1.29 is 27.5 Å². The number of halogens is 3. The fourth-order valence-electron chi connectivity index (χ4n) is 2.39. The zero-order valence-electron chi connectivity index (χ0n) is 15.3. The number of anilines is 3. The minimum absolute atomic E-state index is 0.0149. The van der Waals surface area contributed by atoms with Gasteiger partial charge < -0.3 is 20.7 Å². The topological polar surface area (TPSA) is 79.5 Å². The third-order valence-corrected chi connectivity index (χ3v) is 3.59. The predicted molar refractivity (Wildman–Crippen MR) is 101 cm³/mol. The normalized spacial score (nSPS) is 10.9. The van der Waals surface area contributed by atoms with Crippen molar-refractivity contribution in [1.82, 2.24) is 0 Å². The molecule has 0 spiro atoms. The van der Waals surface area contributed by atoms with Crippen LogP contribution in [0.2, 0.25) is 0 Å². The third kappa shape index (κ3) is 5.63. The summed E-state index contributed by atoms with van der Waals surface area (Å²) in [5.74, 6) is -0.549. The lowest BCUT2D eigenvalue weighted by Crippen LogP contribution is -2.21. The molecule has 0 aliphatic heterocycles. The molecule has 150 valence electrons. The Labute approximate surface area is 160 Å². The van der Waals surface area contributed by atoms with Crippen LogP contribution in [0.15, 0.2) is 42.5 Å². The molecule has 2 aromatic rings. The standard InChI is InChI=1S/C19H20F3N3O3/c1-3-23-15-9-8-12(17(26)28-4-2)10-16(15)25-18(27)24-14-7-5-6-13(11-14)19(20,21)22/h5-11,23H,3-4H2,1-2H3,(H2,24,25,27). The maximum absolute atomic E-state index is 12.8. The number of nitrogens with one attached hydrogen (secondary N) is 3. The molecule has 9 heteroatoms. The van der Waals surface area contributed by atoms with Crippen LogP contribution < -0.4 is 16.0 Å². The van der Waals surface area contributed by atoms with Crippen molar-refractivity contribution in [1.29, 1.82) is 0 Å². The Morgan fingerprint density at radius 1 is 1.00 bits per heavy atom. The minimum Gasteiger partial charge on any atom is -0.462 e. The zero-order chi connectivity index (χ0) is 20.7. The maximum atomic E-state index is 12.8. The van der Waals surface area contributed by atoms with Crippen LogP contribution in [0.4, 0.5) is 35.0 Å². The van der Waals surface area contributed by atoms with Gasteiger partial charge in [0.25, 0.3) is 0 Å². The lowest BCUT2D eigenvalue weighted by atomic mass is 10.1. The number of urea groups is 1. The molecule has 0 aliphatic rings. The van der Waals surface area contributed by atoms with E-state index in [1.807, 2.05) is 6.92 Å². The quantitative estimate of drug-likeness (QED) is 0.604. The van der Waals surface area contributed by atoms with Crippen molar-refractivity contribution in [2.45, 2.75) is 20.0 Å². The maximum Gasteiger partial charge on any atom is 0.416 e. The molecule has 0 heterocycles. The van der Waals surface area contributed by atoms with Crippen LogP contribution in [0.5, 0.6) is 0 Å². The van der Waals surface area contributed by atoms with Crippen molar-refractivity contribution >= 4 is 29.1 Å². The van der Waals surface area contributed by atoms with Crippen LogP contribution in [0, 0.1) is 0 Å². The summed E-state index contributed by atoms with van der Waals surface area (Å²) in [5.41, 5.74) is 0.186. The van der Waals surface area contributed by atoms with Gasteiger partial charge in [-0.05, 0) is 50.2 Å². The van der Waals surface area contributed by atoms with Crippen molar-refractivity contribution in [2.75, 3.05) is 29.1 Å². The molecule has 0 bridgehead atoms. The van der Waals surface area contributed by atoms with Gasteiger partial charge in [-0.2, -0.15) is 13.2 Å². The van der Waals surface area contributed by atoms with Gasteiger partial charge in [-0.25, -0.2) is 9.59 Å². The molecule has 0 radical (unpaired) electrons. The number of benzene rings is 2. The molecule has 6 nitrogen and oxygen atoms in total. The van der Waals surface area contributed by atoms with E-state index < -0.39 is 23.7 Å². The molecule has 2 rings (SSSR count). The van der Waals surface area contributed by atoms with E-state index >= 15 is 0 Å². The van der Waals surface area contributed by atoms with Crippen molar-refractivity contribution in [3.05, 3.63) is 53.6 Å². The average Bonchev–Trinajstić information content (AvgIpc) is 2.63. The van der Waals surface area contributed by atoms with E-state index in [4.69, 9.17) is 4.74 Å². The SMILES string of the molecule is CCNc1ccc(C(=O)OCC)cc1NC(=O)Nc1cccc(C(F)(F)F)c1. The number of carbonyl (C=O) groups is 2. The van der Waals surface area contributed by atoms with Gasteiger partial charge in [-0.3, -0.25) is 0 Å². The molecule has 2 amide bonds. The molecule has 2 aromatic carbocycles. The van der Waals surface area contributed by atoms with E-state index in [9.17, 15) is 22.8 Å². The molecule has 3 N–H and O–H groups in total. The molecule has 0 unspecified atom stereocenters. The smallest absolute Gasteiger partial charge is 0.416 e. The van der Waals surface area contributed by atoms with Gasteiger partial charge in [-0.15, -0.1) is 0 Å². The highest BCUT2D eigenvalue weighted by atomic mass is 19.4. The fraction of sp³-hybridized carbons (Fsp3) is 0.263. The highest BCUT2D eigenvalue weighted by Gasteiger charge is 2.30. The van der Waals surface area contributed by atoms with Gasteiger partial charge >= 0.3 is 18.2 Å². The Morgan fingerprint density at radius 2 is 1.75 bits per heavy atom. The Morgan fingerprint density at radius 3 is 2.39 bits per heavy atom. The average molecular weight is 395 g/mol. The van der Waals surface area contributed by atoms with Gasteiger partial charge in [0.2, 0.25) is 0 Å². The number of hydrogen-bond acceptors (Lipinski definition) is 4. The van der Waals surface area contributed by atoms with Crippen molar-refractivity contribution in [2.24, 2.45) is 0 Å². The number of rotatable bonds is 6. The Kier molecular flexibility index (Phi) is 6.86. The van der Waals surface area contributed by atoms with Crippen molar-refractivity contribution in [3.8, 4) is 0 Å². The Bertz CT molecular complexity index is 854. The second-order valence-electron chi connectivity index (χ2n) is 5.67. The highest BCUT2D eigenvalue weighted by Crippen LogP contribution is 2.31. The second kappa shape index (κ2) is 9.12. The lowest BCUT2D eigenvalue weighted by Gasteiger charge is -2.15. The summed E-state index contributed by atoms with van der Waals surface area (Å²) in [6.07, 6.45) is -4.51. The number of hydrogen-bond donors (Lipinski definition) is 3. The van der Waals surface area contributed by atoms with Gasteiger partial charge in [0.15, 0.2) is 0 Å². The summed E-state index contributed by atoms with van der Waals surface area (Å²) in [5, 5.41) is 7.92. The molecule has 0 aliphatic carbocycles. The van der Waals surface area contributed by atoms with Crippen LogP contribution >= 0.6 is 0 Å². The number of alkyl halides is 3. The monoisotopic (exact) mass is 395 g/mol. The second-order valence-corrected chi connectivity index (χ2v) is 5.67. The summed E-state index contributed by atoms with van der Waals surface area (Å²) >= 11 is 0. The highest BCUT2D eigenvalue weighted by molar-refractivity contribution is 6.03. The summed E-state index contributed by atoms with van der Waals surface area (Å²) in [6, 6.07) is 8.12. The lowest BCUT2D eigenvalue weighted by molar-refractivity contribution is -0.137. The number of amides is 2. The number of ether oxygens (including phenoxy) is 1. The molecule has 0 aromatic heterocycles. The van der Waals surface area contributed by atoms with E-state index in [0.717, 1.165) is 12.1 Å². The van der Waals surface area contributed by atoms with Crippen LogP contribution in [0.1, 0.15) is 29.8 Å². The third-order valence-electron chi connectivity index (χ3n) is 3.59.